The van der Waals surface area contributed by atoms with Crippen molar-refractivity contribution in [3.63, 3.8) is 0 Å². The predicted octanol–water partition coefficient (Wildman–Crippen LogP) is 1.45. The van der Waals surface area contributed by atoms with Crippen LogP contribution in [-0.4, -0.2) is 67.5 Å². The van der Waals surface area contributed by atoms with Crippen LogP contribution in [0.5, 0.6) is 0 Å². The summed E-state index contributed by atoms with van der Waals surface area (Å²) in [6, 6.07) is 12.9. The SMILES string of the molecule is O=C(COC(=O)c1cnc2ccccc2n1)Nc1cccc(S(=O)(=O)N2CCOCC2)c1. The number of nitrogens with one attached hydrogen (secondary N) is 1. The third kappa shape index (κ3) is 4.90. The lowest BCUT2D eigenvalue weighted by atomic mass is 10.3. The molecule has 11 heteroatoms. The minimum atomic E-state index is -3.70. The summed E-state index contributed by atoms with van der Waals surface area (Å²) in [5.74, 6) is -1.41. The van der Waals surface area contributed by atoms with Gasteiger partial charge < -0.3 is 14.8 Å². The number of ether oxygens (including phenoxy) is 2. The van der Waals surface area contributed by atoms with Crippen LogP contribution < -0.4 is 5.32 Å². The fourth-order valence-electron chi connectivity index (χ4n) is 3.13. The number of hydrogen-bond donors (Lipinski definition) is 1. The van der Waals surface area contributed by atoms with E-state index < -0.39 is 28.5 Å². The lowest BCUT2D eigenvalue weighted by Gasteiger charge is -2.26. The monoisotopic (exact) mass is 456 g/mol. The van der Waals surface area contributed by atoms with Gasteiger partial charge in [-0.15, -0.1) is 0 Å². The first kappa shape index (κ1) is 21.8. The largest absolute Gasteiger partial charge is 0.451 e. The van der Waals surface area contributed by atoms with Crippen LogP contribution in [0, 0.1) is 0 Å². The second kappa shape index (κ2) is 9.39. The average molecular weight is 456 g/mol. The Morgan fingerprint density at radius 1 is 1.06 bits per heavy atom. The molecule has 2 heterocycles. The number of rotatable bonds is 6. The Bertz CT molecular complexity index is 1260. The van der Waals surface area contributed by atoms with E-state index in [0.29, 0.717) is 24.2 Å². The summed E-state index contributed by atoms with van der Waals surface area (Å²) < 4.78 is 37.1. The number of para-hydroxylation sites is 2. The van der Waals surface area contributed by atoms with E-state index in [4.69, 9.17) is 9.47 Å². The smallest absolute Gasteiger partial charge is 0.359 e. The molecule has 10 nitrogen and oxygen atoms in total. The molecule has 2 aromatic carbocycles. The maximum atomic E-state index is 12.8. The summed E-state index contributed by atoms with van der Waals surface area (Å²) in [4.78, 5) is 32.8. The van der Waals surface area contributed by atoms with Crippen LogP contribution in [0.3, 0.4) is 0 Å². The minimum absolute atomic E-state index is 0.0184. The Kier molecular flexibility index (Phi) is 6.40. The highest BCUT2D eigenvalue weighted by Crippen LogP contribution is 2.20. The Morgan fingerprint density at radius 2 is 1.81 bits per heavy atom. The van der Waals surface area contributed by atoms with Crippen LogP contribution in [0.25, 0.3) is 11.0 Å². The maximum absolute atomic E-state index is 12.8. The van der Waals surface area contributed by atoms with Gasteiger partial charge in [0.15, 0.2) is 12.3 Å². The first-order valence-electron chi connectivity index (χ1n) is 9.80. The highest BCUT2D eigenvalue weighted by molar-refractivity contribution is 7.89. The zero-order chi connectivity index (χ0) is 22.6. The van der Waals surface area contributed by atoms with Gasteiger partial charge in [-0.25, -0.2) is 18.2 Å². The second-order valence-corrected chi connectivity index (χ2v) is 8.85. The molecule has 3 aromatic rings. The van der Waals surface area contributed by atoms with Gasteiger partial charge >= 0.3 is 5.97 Å². The topological polar surface area (TPSA) is 128 Å². The standard InChI is InChI=1S/C21H20N4O6S/c26-20(14-31-21(27)19-13-22-17-6-1-2-7-18(17)24-19)23-15-4-3-5-16(12-15)32(28,29)25-8-10-30-11-9-25/h1-7,12-13H,8-11,14H2,(H,23,26). The second-order valence-electron chi connectivity index (χ2n) is 6.91. The van der Waals surface area contributed by atoms with Gasteiger partial charge in [-0.2, -0.15) is 4.31 Å². The Labute approximate surface area is 184 Å². The van der Waals surface area contributed by atoms with Crippen molar-refractivity contribution in [3.8, 4) is 0 Å². The fraction of sp³-hybridized carbons (Fsp3) is 0.238. The zero-order valence-electron chi connectivity index (χ0n) is 16.9. The molecule has 0 atom stereocenters. The molecular formula is C21H20N4O6S. The van der Waals surface area contributed by atoms with E-state index in [-0.39, 0.29) is 29.4 Å². The minimum Gasteiger partial charge on any atom is -0.451 e. The summed E-state index contributed by atoms with van der Waals surface area (Å²) in [6.45, 7) is 0.651. The molecule has 1 fully saturated rings. The molecule has 0 unspecified atom stereocenters. The molecule has 1 aromatic heterocycles. The summed E-state index contributed by atoms with van der Waals surface area (Å²) in [7, 11) is -3.70. The van der Waals surface area contributed by atoms with E-state index in [2.05, 4.69) is 15.3 Å². The maximum Gasteiger partial charge on any atom is 0.359 e. The summed E-state index contributed by atoms with van der Waals surface area (Å²) >= 11 is 0. The molecule has 0 saturated carbocycles. The van der Waals surface area contributed by atoms with Gasteiger partial charge in [-0.05, 0) is 30.3 Å². The first-order valence-corrected chi connectivity index (χ1v) is 11.2. The molecule has 0 radical (unpaired) electrons. The molecule has 1 aliphatic rings. The number of sulfonamides is 1. The van der Waals surface area contributed by atoms with Crippen molar-refractivity contribution < 1.29 is 27.5 Å². The molecule has 0 bridgehead atoms. The van der Waals surface area contributed by atoms with Crippen LogP contribution in [0.15, 0.2) is 59.6 Å². The molecule has 4 rings (SSSR count). The molecule has 0 aliphatic carbocycles. The summed E-state index contributed by atoms with van der Waals surface area (Å²) in [5.41, 5.74) is 1.42. The summed E-state index contributed by atoms with van der Waals surface area (Å²) in [6.07, 6.45) is 1.28. The molecule has 32 heavy (non-hydrogen) atoms. The lowest BCUT2D eigenvalue weighted by molar-refractivity contribution is -0.119. The van der Waals surface area contributed by atoms with E-state index >= 15 is 0 Å². The fourth-order valence-corrected chi connectivity index (χ4v) is 4.58. The molecule has 0 spiro atoms. The van der Waals surface area contributed by atoms with E-state index in [1.54, 1.807) is 30.3 Å². The van der Waals surface area contributed by atoms with Crippen molar-refractivity contribution in [2.24, 2.45) is 0 Å². The van der Waals surface area contributed by atoms with E-state index in [0.717, 1.165) is 0 Å². The number of benzene rings is 2. The van der Waals surface area contributed by atoms with E-state index in [1.807, 2.05) is 0 Å². The number of carbonyl (C=O) groups is 2. The molecule has 1 amide bonds. The van der Waals surface area contributed by atoms with E-state index in [9.17, 15) is 18.0 Å². The number of morpholine rings is 1. The van der Waals surface area contributed by atoms with Gasteiger partial charge in [0.1, 0.15) is 0 Å². The van der Waals surface area contributed by atoms with Crippen molar-refractivity contribution >= 4 is 38.6 Å². The van der Waals surface area contributed by atoms with Crippen LogP contribution in [-0.2, 0) is 24.3 Å². The lowest BCUT2D eigenvalue weighted by Crippen LogP contribution is -2.40. The highest BCUT2D eigenvalue weighted by atomic mass is 32.2. The van der Waals surface area contributed by atoms with Crippen LogP contribution in [0.2, 0.25) is 0 Å². The molecule has 166 valence electrons. The number of aromatic nitrogens is 2. The molecule has 1 N–H and O–H groups in total. The predicted molar refractivity (Wildman–Crippen MR) is 114 cm³/mol. The number of amides is 1. The highest BCUT2D eigenvalue weighted by Gasteiger charge is 2.26. The Morgan fingerprint density at radius 3 is 2.59 bits per heavy atom. The van der Waals surface area contributed by atoms with Crippen molar-refractivity contribution in [1.82, 2.24) is 14.3 Å². The van der Waals surface area contributed by atoms with Crippen molar-refractivity contribution in [3.05, 3.63) is 60.4 Å². The van der Waals surface area contributed by atoms with Gasteiger partial charge in [-0.1, -0.05) is 18.2 Å². The number of nitrogens with zero attached hydrogens (tertiary/aromatic N) is 3. The number of carbonyl (C=O) groups excluding carboxylic acids is 2. The van der Waals surface area contributed by atoms with Crippen molar-refractivity contribution in [2.75, 3.05) is 38.2 Å². The Balaban J connectivity index is 1.37. The van der Waals surface area contributed by atoms with E-state index in [1.165, 1.54) is 28.7 Å². The van der Waals surface area contributed by atoms with Crippen molar-refractivity contribution in [2.45, 2.75) is 4.90 Å². The first-order chi connectivity index (χ1) is 15.4. The number of anilines is 1. The molecule has 1 saturated heterocycles. The number of hydrogen-bond acceptors (Lipinski definition) is 8. The van der Waals surface area contributed by atoms with Gasteiger partial charge in [0.25, 0.3) is 5.91 Å². The Hall–Kier alpha value is -3.41. The van der Waals surface area contributed by atoms with Crippen LogP contribution in [0.1, 0.15) is 10.5 Å². The van der Waals surface area contributed by atoms with Gasteiger partial charge in [0, 0.05) is 18.8 Å². The van der Waals surface area contributed by atoms with Gasteiger partial charge in [0.2, 0.25) is 10.0 Å². The number of fused-ring (bicyclic) bond motifs is 1. The van der Waals surface area contributed by atoms with Crippen LogP contribution in [0.4, 0.5) is 5.69 Å². The molecular weight excluding hydrogens is 436 g/mol. The third-order valence-corrected chi connectivity index (χ3v) is 6.61. The van der Waals surface area contributed by atoms with Gasteiger partial charge in [-0.3, -0.25) is 9.78 Å². The van der Waals surface area contributed by atoms with Gasteiger partial charge in [0.05, 0.1) is 35.3 Å². The number of esters is 1. The van der Waals surface area contributed by atoms with Crippen molar-refractivity contribution in [1.29, 1.82) is 0 Å². The zero-order valence-corrected chi connectivity index (χ0v) is 17.7. The quantitative estimate of drug-likeness (QED) is 0.552. The summed E-state index contributed by atoms with van der Waals surface area (Å²) in [5, 5.41) is 2.53. The molecule has 1 aliphatic heterocycles. The average Bonchev–Trinajstić information content (AvgIpc) is 2.83. The van der Waals surface area contributed by atoms with Crippen LogP contribution >= 0.6 is 0 Å². The third-order valence-electron chi connectivity index (χ3n) is 4.72. The normalized spacial score (nSPS) is 14.8.